The number of aryl methyl sites for hydroxylation is 1. The minimum absolute atomic E-state index is 0.00694. The number of rotatable bonds is 2. The van der Waals surface area contributed by atoms with Crippen LogP contribution in [-0.2, 0) is 13.2 Å². The first-order valence-electron chi connectivity index (χ1n) is 3.70. The Hall–Kier alpha value is -1.20. The number of aromatic nitrogens is 1. The molecule has 3 N–H and O–H groups in total. The van der Waals surface area contributed by atoms with Gasteiger partial charge in [-0.25, -0.2) is 4.98 Å². The van der Waals surface area contributed by atoms with Crippen molar-refractivity contribution in [3.05, 3.63) is 22.8 Å². The van der Waals surface area contributed by atoms with E-state index in [1.807, 2.05) is 0 Å². The lowest BCUT2D eigenvalue weighted by atomic mass is 10.1. The maximum Gasteiger partial charge on any atom is 0.219 e. The van der Waals surface area contributed by atoms with Crippen molar-refractivity contribution in [1.82, 2.24) is 4.98 Å². The van der Waals surface area contributed by atoms with Gasteiger partial charge < -0.3 is 15.3 Å². The van der Waals surface area contributed by atoms with E-state index < -0.39 is 19.2 Å². The van der Waals surface area contributed by atoms with Crippen molar-refractivity contribution in [2.75, 3.05) is 0 Å². The Labute approximate surface area is 74.3 Å². The molecule has 0 aliphatic carbocycles. The molecule has 4 nitrogen and oxygen atoms in total. The van der Waals surface area contributed by atoms with Crippen molar-refractivity contribution in [2.24, 2.45) is 0 Å². The van der Waals surface area contributed by atoms with Crippen LogP contribution in [0.1, 0.15) is 16.8 Å². The van der Waals surface area contributed by atoms with Gasteiger partial charge in [-0.15, -0.1) is 0 Å². The van der Waals surface area contributed by atoms with E-state index in [-0.39, 0.29) is 22.6 Å². The van der Waals surface area contributed by atoms with Gasteiger partial charge in [0.25, 0.3) is 0 Å². The predicted molar refractivity (Wildman–Crippen MR) is 42.4 cm³/mol. The molecule has 1 rings (SSSR count). The predicted octanol–water partition coefficient (Wildman–Crippen LogP) is 0.219. The molecule has 0 fully saturated rings. The third kappa shape index (κ3) is 1.61. The van der Waals surface area contributed by atoms with Crippen LogP contribution in [0.2, 0.25) is 0 Å². The van der Waals surface area contributed by atoms with Crippen molar-refractivity contribution in [1.29, 1.82) is 0 Å². The summed E-state index contributed by atoms with van der Waals surface area (Å²) in [5.41, 5.74) is -0.0724. The Morgan fingerprint density at radius 2 is 1.77 bits per heavy atom. The second-order valence-electron chi connectivity index (χ2n) is 2.61. The van der Waals surface area contributed by atoms with Gasteiger partial charge >= 0.3 is 0 Å². The molecule has 0 aliphatic heterocycles. The number of aromatic hydroxyl groups is 1. The van der Waals surface area contributed by atoms with Crippen LogP contribution in [0.3, 0.4) is 0 Å². The fourth-order valence-corrected chi connectivity index (χ4v) is 1.08. The maximum absolute atomic E-state index is 13.0. The number of aliphatic hydroxyl groups is 2. The SMILES string of the molecule is Cc1nc(F)c(CO)c(CO)c1O. The van der Waals surface area contributed by atoms with E-state index in [1.54, 1.807) is 0 Å². The third-order valence-electron chi connectivity index (χ3n) is 1.82. The Balaban J connectivity index is 3.41. The minimum Gasteiger partial charge on any atom is -0.506 e. The van der Waals surface area contributed by atoms with E-state index >= 15 is 0 Å². The highest BCUT2D eigenvalue weighted by Crippen LogP contribution is 2.25. The first-order chi connectivity index (χ1) is 6.11. The van der Waals surface area contributed by atoms with Gasteiger partial charge in [0.15, 0.2) is 0 Å². The van der Waals surface area contributed by atoms with Gasteiger partial charge in [-0.1, -0.05) is 0 Å². The smallest absolute Gasteiger partial charge is 0.219 e. The fourth-order valence-electron chi connectivity index (χ4n) is 1.08. The van der Waals surface area contributed by atoms with E-state index in [4.69, 9.17) is 10.2 Å². The Bertz CT molecular complexity index is 328. The highest BCUT2D eigenvalue weighted by atomic mass is 19.1. The van der Waals surface area contributed by atoms with Crippen LogP contribution < -0.4 is 0 Å². The molecule has 0 spiro atoms. The Morgan fingerprint density at radius 3 is 2.23 bits per heavy atom. The maximum atomic E-state index is 13.0. The molecule has 1 heterocycles. The van der Waals surface area contributed by atoms with E-state index in [0.29, 0.717) is 0 Å². The molecule has 1 aromatic heterocycles. The van der Waals surface area contributed by atoms with Gasteiger partial charge in [-0.05, 0) is 6.92 Å². The number of aliphatic hydroxyl groups excluding tert-OH is 2. The second-order valence-corrected chi connectivity index (χ2v) is 2.61. The number of hydrogen-bond donors (Lipinski definition) is 3. The van der Waals surface area contributed by atoms with Gasteiger partial charge in [0.05, 0.1) is 18.9 Å². The highest BCUT2D eigenvalue weighted by molar-refractivity contribution is 5.40. The lowest BCUT2D eigenvalue weighted by Crippen LogP contribution is -2.03. The average Bonchev–Trinajstić information content (AvgIpc) is 2.10. The van der Waals surface area contributed by atoms with Crippen molar-refractivity contribution in [2.45, 2.75) is 20.1 Å². The summed E-state index contributed by atoms with van der Waals surface area (Å²) in [4.78, 5) is 3.36. The van der Waals surface area contributed by atoms with Gasteiger partial charge in [0, 0.05) is 11.1 Å². The molecule has 1 aromatic rings. The number of nitrogens with zero attached hydrogens (tertiary/aromatic N) is 1. The number of hydrogen-bond acceptors (Lipinski definition) is 4. The monoisotopic (exact) mass is 187 g/mol. The van der Waals surface area contributed by atoms with E-state index in [1.165, 1.54) is 6.92 Å². The van der Waals surface area contributed by atoms with Gasteiger partial charge in [0.2, 0.25) is 5.95 Å². The Morgan fingerprint density at radius 1 is 1.23 bits per heavy atom. The van der Waals surface area contributed by atoms with Crippen LogP contribution in [0, 0.1) is 12.9 Å². The summed E-state index contributed by atoms with van der Waals surface area (Å²) in [5, 5.41) is 26.9. The quantitative estimate of drug-likeness (QED) is 0.579. The molecule has 0 aromatic carbocycles. The summed E-state index contributed by atoms with van der Waals surface area (Å²) in [6.07, 6.45) is 0. The second kappa shape index (κ2) is 3.68. The first kappa shape index (κ1) is 9.88. The normalized spacial score (nSPS) is 10.5. The van der Waals surface area contributed by atoms with Gasteiger partial charge in [-0.2, -0.15) is 4.39 Å². The molecular weight excluding hydrogens is 177 g/mol. The largest absolute Gasteiger partial charge is 0.506 e. The molecule has 0 aliphatic rings. The van der Waals surface area contributed by atoms with Crippen LogP contribution in [0.5, 0.6) is 5.75 Å². The van der Waals surface area contributed by atoms with Gasteiger partial charge in [-0.3, -0.25) is 0 Å². The zero-order chi connectivity index (χ0) is 10.0. The summed E-state index contributed by atoms with van der Waals surface area (Å²) in [6.45, 7) is 0.295. The summed E-state index contributed by atoms with van der Waals surface area (Å²) in [5.74, 6) is -1.13. The van der Waals surface area contributed by atoms with Gasteiger partial charge in [0.1, 0.15) is 5.75 Å². The molecule has 13 heavy (non-hydrogen) atoms. The summed E-state index contributed by atoms with van der Waals surface area (Å²) in [6, 6.07) is 0. The van der Waals surface area contributed by atoms with Crippen molar-refractivity contribution < 1.29 is 19.7 Å². The molecule has 0 saturated heterocycles. The van der Waals surface area contributed by atoms with Crippen molar-refractivity contribution in [3.8, 4) is 5.75 Å². The fraction of sp³-hybridized carbons (Fsp3) is 0.375. The number of pyridine rings is 1. The average molecular weight is 187 g/mol. The minimum atomic E-state index is -0.859. The summed E-state index contributed by atoms with van der Waals surface area (Å²) >= 11 is 0. The van der Waals surface area contributed by atoms with Crippen molar-refractivity contribution >= 4 is 0 Å². The molecule has 0 bridgehead atoms. The van der Waals surface area contributed by atoms with Crippen molar-refractivity contribution in [3.63, 3.8) is 0 Å². The molecular formula is C8H10FNO3. The van der Waals surface area contributed by atoms with Crippen LogP contribution in [-0.4, -0.2) is 20.3 Å². The van der Waals surface area contributed by atoms with E-state index in [2.05, 4.69) is 4.98 Å². The number of halogens is 1. The first-order valence-corrected chi connectivity index (χ1v) is 3.70. The molecule has 5 heteroatoms. The highest BCUT2D eigenvalue weighted by Gasteiger charge is 2.15. The van der Waals surface area contributed by atoms with E-state index in [0.717, 1.165) is 0 Å². The van der Waals surface area contributed by atoms with Crippen LogP contribution in [0.25, 0.3) is 0 Å². The molecule has 0 atom stereocenters. The lowest BCUT2D eigenvalue weighted by Gasteiger charge is -2.09. The zero-order valence-electron chi connectivity index (χ0n) is 7.08. The molecule has 0 saturated carbocycles. The van der Waals surface area contributed by atoms with Crippen LogP contribution >= 0.6 is 0 Å². The lowest BCUT2D eigenvalue weighted by molar-refractivity contribution is 0.247. The summed E-state index contributed by atoms with van der Waals surface area (Å²) in [7, 11) is 0. The van der Waals surface area contributed by atoms with E-state index in [9.17, 15) is 9.50 Å². The summed E-state index contributed by atoms with van der Waals surface area (Å²) < 4.78 is 13.0. The standard InChI is InChI=1S/C8H10FNO3/c1-4-7(13)5(2-11)6(3-12)8(9)10-4/h11-13H,2-3H2,1H3. The molecule has 72 valence electrons. The third-order valence-corrected chi connectivity index (χ3v) is 1.82. The van der Waals surface area contributed by atoms with Crippen LogP contribution in [0.4, 0.5) is 4.39 Å². The Kier molecular flexibility index (Phi) is 2.79. The van der Waals surface area contributed by atoms with Crippen LogP contribution in [0.15, 0.2) is 0 Å². The zero-order valence-corrected chi connectivity index (χ0v) is 7.08. The molecule has 0 radical (unpaired) electrons. The topological polar surface area (TPSA) is 73.6 Å². The molecule has 0 amide bonds. The molecule has 0 unspecified atom stereocenters.